The zero-order valence-corrected chi connectivity index (χ0v) is 19.4. The predicted octanol–water partition coefficient (Wildman–Crippen LogP) is 5.30. The summed E-state index contributed by atoms with van der Waals surface area (Å²) < 4.78 is 0. The molecule has 1 amide bonds. The number of aromatic nitrogens is 1. The normalized spacial score (nSPS) is 18.0. The molecular formula is C29H33N3O. The zero-order valence-electron chi connectivity index (χ0n) is 19.4. The van der Waals surface area contributed by atoms with Gasteiger partial charge in [0.2, 0.25) is 5.91 Å². The molecule has 1 fully saturated rings. The average molecular weight is 440 g/mol. The van der Waals surface area contributed by atoms with Crippen molar-refractivity contribution in [2.75, 3.05) is 19.6 Å². The second kappa shape index (κ2) is 11.6. The highest BCUT2D eigenvalue weighted by atomic mass is 16.1. The Morgan fingerprint density at radius 2 is 1.79 bits per heavy atom. The number of likely N-dealkylation sites (tertiary alicyclic amines) is 1. The molecule has 2 atom stereocenters. The monoisotopic (exact) mass is 439 g/mol. The summed E-state index contributed by atoms with van der Waals surface area (Å²) in [5.41, 5.74) is 4.57. The van der Waals surface area contributed by atoms with E-state index in [1.54, 1.807) is 0 Å². The summed E-state index contributed by atoms with van der Waals surface area (Å²) in [7, 11) is 0. The number of piperidine rings is 1. The molecule has 2 heterocycles. The molecule has 0 unspecified atom stereocenters. The molecule has 3 aromatic rings. The van der Waals surface area contributed by atoms with Gasteiger partial charge in [0.1, 0.15) is 0 Å². The Labute approximate surface area is 197 Å². The van der Waals surface area contributed by atoms with Crippen LogP contribution in [-0.4, -0.2) is 35.4 Å². The number of hydrogen-bond donors (Lipinski definition) is 1. The topological polar surface area (TPSA) is 45.2 Å². The van der Waals surface area contributed by atoms with Crippen molar-refractivity contribution in [3.63, 3.8) is 0 Å². The molecule has 1 saturated heterocycles. The lowest BCUT2D eigenvalue weighted by Crippen LogP contribution is -2.44. The van der Waals surface area contributed by atoms with Crippen LogP contribution in [0.2, 0.25) is 0 Å². The summed E-state index contributed by atoms with van der Waals surface area (Å²) in [6.45, 7) is 5.18. The SMILES string of the molecule is C/C(=C\c1ccccc1)CN1CCC[C@@H]([C@@H](NC(=O)Cc2ccccc2)c2ccccn2)C1. The lowest BCUT2D eigenvalue weighted by molar-refractivity contribution is -0.121. The highest BCUT2D eigenvalue weighted by Crippen LogP contribution is 2.29. The maximum atomic E-state index is 12.9. The van der Waals surface area contributed by atoms with E-state index in [0.717, 1.165) is 43.7 Å². The minimum Gasteiger partial charge on any atom is -0.347 e. The number of benzene rings is 2. The third-order valence-electron chi connectivity index (χ3n) is 6.23. The summed E-state index contributed by atoms with van der Waals surface area (Å²) in [4.78, 5) is 20.1. The third kappa shape index (κ3) is 6.87. The number of amides is 1. The maximum absolute atomic E-state index is 12.9. The molecule has 0 spiro atoms. The lowest BCUT2D eigenvalue weighted by atomic mass is 9.88. The maximum Gasteiger partial charge on any atom is 0.224 e. The van der Waals surface area contributed by atoms with E-state index in [-0.39, 0.29) is 11.9 Å². The quantitative estimate of drug-likeness (QED) is 0.518. The first-order valence-electron chi connectivity index (χ1n) is 11.9. The van der Waals surface area contributed by atoms with E-state index < -0.39 is 0 Å². The van der Waals surface area contributed by atoms with Crippen molar-refractivity contribution in [2.45, 2.75) is 32.2 Å². The van der Waals surface area contributed by atoms with Crippen LogP contribution >= 0.6 is 0 Å². The number of hydrogen-bond acceptors (Lipinski definition) is 3. The van der Waals surface area contributed by atoms with Crippen molar-refractivity contribution in [2.24, 2.45) is 5.92 Å². The number of rotatable bonds is 8. The van der Waals surface area contributed by atoms with Gasteiger partial charge in [0.25, 0.3) is 0 Å². The van der Waals surface area contributed by atoms with Crippen LogP contribution in [0.4, 0.5) is 0 Å². The third-order valence-corrected chi connectivity index (χ3v) is 6.23. The molecule has 1 aliphatic heterocycles. The largest absolute Gasteiger partial charge is 0.347 e. The number of nitrogens with one attached hydrogen (secondary N) is 1. The molecule has 2 aromatic carbocycles. The zero-order chi connectivity index (χ0) is 22.9. The predicted molar refractivity (Wildman–Crippen MR) is 135 cm³/mol. The van der Waals surface area contributed by atoms with E-state index in [0.29, 0.717) is 12.3 Å². The van der Waals surface area contributed by atoms with E-state index in [2.05, 4.69) is 52.5 Å². The van der Waals surface area contributed by atoms with Gasteiger partial charge in [0, 0.05) is 19.3 Å². The van der Waals surface area contributed by atoms with E-state index >= 15 is 0 Å². The average Bonchev–Trinajstić information content (AvgIpc) is 2.84. The molecule has 170 valence electrons. The molecule has 33 heavy (non-hydrogen) atoms. The number of carbonyl (C=O) groups excluding carboxylic acids is 1. The molecule has 1 aliphatic rings. The van der Waals surface area contributed by atoms with E-state index in [1.807, 2.05) is 60.8 Å². The molecule has 0 radical (unpaired) electrons. The Balaban J connectivity index is 1.44. The van der Waals surface area contributed by atoms with E-state index in [9.17, 15) is 4.79 Å². The summed E-state index contributed by atoms with van der Waals surface area (Å²) in [6.07, 6.45) is 6.69. The molecule has 0 bridgehead atoms. The van der Waals surface area contributed by atoms with Gasteiger partial charge in [0.05, 0.1) is 18.2 Å². The van der Waals surface area contributed by atoms with Crippen LogP contribution in [0.15, 0.2) is 90.6 Å². The van der Waals surface area contributed by atoms with Gasteiger partial charge in [-0.05, 0) is 55.5 Å². The lowest BCUT2D eigenvalue weighted by Gasteiger charge is -2.37. The van der Waals surface area contributed by atoms with Crippen molar-refractivity contribution in [3.8, 4) is 0 Å². The molecule has 0 saturated carbocycles. The number of carbonyl (C=O) groups is 1. The van der Waals surface area contributed by atoms with Gasteiger partial charge >= 0.3 is 0 Å². The first kappa shape index (κ1) is 22.9. The number of nitrogens with zero attached hydrogens (tertiary/aromatic N) is 2. The van der Waals surface area contributed by atoms with Crippen LogP contribution in [-0.2, 0) is 11.2 Å². The summed E-state index contributed by atoms with van der Waals surface area (Å²) in [6, 6.07) is 26.3. The Morgan fingerprint density at radius 3 is 2.52 bits per heavy atom. The highest BCUT2D eigenvalue weighted by Gasteiger charge is 2.30. The molecular weight excluding hydrogens is 406 g/mol. The van der Waals surface area contributed by atoms with Crippen LogP contribution in [0.1, 0.15) is 42.6 Å². The highest BCUT2D eigenvalue weighted by molar-refractivity contribution is 5.79. The minimum atomic E-state index is -0.0800. The van der Waals surface area contributed by atoms with Crippen molar-refractivity contribution >= 4 is 12.0 Å². The van der Waals surface area contributed by atoms with Crippen molar-refractivity contribution in [1.29, 1.82) is 0 Å². The first-order chi connectivity index (χ1) is 16.2. The molecule has 4 rings (SSSR count). The summed E-state index contributed by atoms with van der Waals surface area (Å²) in [5.74, 6) is 0.382. The molecule has 0 aliphatic carbocycles. The van der Waals surface area contributed by atoms with Crippen molar-refractivity contribution in [1.82, 2.24) is 15.2 Å². The Hall–Kier alpha value is -3.24. The van der Waals surface area contributed by atoms with Crippen LogP contribution in [0.3, 0.4) is 0 Å². The second-order valence-corrected chi connectivity index (χ2v) is 9.00. The van der Waals surface area contributed by atoms with Gasteiger partial charge in [-0.3, -0.25) is 14.7 Å². The smallest absolute Gasteiger partial charge is 0.224 e. The van der Waals surface area contributed by atoms with Gasteiger partial charge in [-0.2, -0.15) is 0 Å². The minimum absolute atomic E-state index is 0.0501. The molecule has 1 aromatic heterocycles. The van der Waals surface area contributed by atoms with Gasteiger partial charge < -0.3 is 5.32 Å². The van der Waals surface area contributed by atoms with Crippen LogP contribution in [0, 0.1) is 5.92 Å². The number of pyridine rings is 1. The van der Waals surface area contributed by atoms with Crippen LogP contribution in [0.5, 0.6) is 0 Å². The fourth-order valence-corrected chi connectivity index (χ4v) is 4.74. The van der Waals surface area contributed by atoms with Crippen molar-refractivity contribution < 1.29 is 4.79 Å². The van der Waals surface area contributed by atoms with Crippen LogP contribution < -0.4 is 5.32 Å². The van der Waals surface area contributed by atoms with Gasteiger partial charge in [-0.1, -0.05) is 78.4 Å². The fraction of sp³-hybridized carbons (Fsp3) is 0.310. The van der Waals surface area contributed by atoms with Gasteiger partial charge in [0.15, 0.2) is 0 Å². The summed E-state index contributed by atoms with van der Waals surface area (Å²) >= 11 is 0. The Morgan fingerprint density at radius 1 is 1.06 bits per heavy atom. The van der Waals surface area contributed by atoms with E-state index in [1.165, 1.54) is 11.1 Å². The fourth-order valence-electron chi connectivity index (χ4n) is 4.74. The Kier molecular flexibility index (Phi) is 8.04. The second-order valence-electron chi connectivity index (χ2n) is 9.00. The summed E-state index contributed by atoms with van der Waals surface area (Å²) in [5, 5.41) is 3.32. The van der Waals surface area contributed by atoms with Crippen molar-refractivity contribution in [3.05, 3.63) is 107 Å². The van der Waals surface area contributed by atoms with E-state index in [4.69, 9.17) is 0 Å². The Bertz CT molecular complexity index is 1030. The van der Waals surface area contributed by atoms with Crippen LogP contribution in [0.25, 0.3) is 6.08 Å². The standard InChI is InChI=1S/C29H33N3O/c1-23(19-24-11-4-2-5-12-24)21-32-18-10-15-26(22-32)29(27-16-8-9-17-30-27)31-28(33)20-25-13-6-3-7-14-25/h2-9,11-14,16-17,19,26,29H,10,15,18,20-22H2,1H3,(H,31,33)/b23-19+/t26-,29-/m1/s1. The van der Waals surface area contributed by atoms with Gasteiger partial charge in [-0.15, -0.1) is 0 Å². The van der Waals surface area contributed by atoms with Gasteiger partial charge in [-0.25, -0.2) is 0 Å². The molecule has 1 N–H and O–H groups in total. The molecule has 4 heteroatoms. The molecule has 4 nitrogen and oxygen atoms in total. The first-order valence-corrected chi connectivity index (χ1v) is 11.9.